The van der Waals surface area contributed by atoms with Crippen LogP contribution in [0.2, 0.25) is 4.47 Å². The second-order valence-electron chi connectivity index (χ2n) is 3.06. The summed E-state index contributed by atoms with van der Waals surface area (Å²) in [4.78, 5) is 0. The van der Waals surface area contributed by atoms with Gasteiger partial charge in [-0.05, 0) is 0 Å². The molecule has 0 saturated carbocycles. The molecule has 1 rings (SSSR count). The molecule has 76 valence electrons. The van der Waals surface area contributed by atoms with E-state index in [9.17, 15) is 0 Å². The molecular weight excluding hydrogens is 399 g/mol. The van der Waals surface area contributed by atoms with E-state index in [2.05, 4.69) is 65.9 Å². The van der Waals surface area contributed by atoms with Gasteiger partial charge in [0.05, 0.1) is 0 Å². The molecule has 0 aliphatic carbocycles. The first-order chi connectivity index (χ1) is 6.83. The van der Waals surface area contributed by atoms with Gasteiger partial charge in [-0.15, -0.1) is 0 Å². The Morgan fingerprint density at radius 3 is 2.71 bits per heavy atom. The zero-order valence-corrected chi connectivity index (χ0v) is 12.9. The molecule has 0 nitrogen and oxygen atoms in total. The third-order valence-electron chi connectivity index (χ3n) is 1.82. The average molecular weight is 414 g/mol. The zero-order chi connectivity index (χ0) is 10.2. The van der Waals surface area contributed by atoms with E-state index < -0.39 is 0 Å². The molecule has 0 unspecified atom stereocenters. The van der Waals surface area contributed by atoms with Crippen molar-refractivity contribution in [2.45, 2.75) is 24.2 Å². The summed E-state index contributed by atoms with van der Waals surface area (Å²) in [5, 5.41) is 0. The minimum atomic E-state index is 0.105. The number of halogens is 1. The Kier molecular flexibility index (Phi) is 6.93. The second kappa shape index (κ2) is 7.73. The van der Waals surface area contributed by atoms with E-state index in [1.165, 1.54) is 22.9 Å². The Balaban J connectivity index is 2.43. The first-order valence-corrected chi connectivity index (χ1v) is 8.77. The van der Waals surface area contributed by atoms with Crippen molar-refractivity contribution in [3.8, 4) is 0 Å². The summed E-state index contributed by atoms with van der Waals surface area (Å²) >= 11 is 2.61. The van der Waals surface area contributed by atoms with Crippen LogP contribution in [-0.4, -0.2) is 20.9 Å². The van der Waals surface area contributed by atoms with Crippen molar-refractivity contribution >= 4 is 49.6 Å². The number of hydrogen-bond donors (Lipinski definition) is 0. The average Bonchev–Trinajstić information content (AvgIpc) is 2.20. The topological polar surface area (TPSA) is 0 Å². The molecule has 0 aliphatic rings. The predicted octanol–water partition coefficient (Wildman–Crippen LogP) is 4.34. The minimum absolute atomic E-state index is 0.105. The normalized spacial score (nSPS) is 11.7. The van der Waals surface area contributed by atoms with E-state index in [-0.39, 0.29) is 20.9 Å². The zero-order valence-electron chi connectivity index (χ0n) is 8.37. The summed E-state index contributed by atoms with van der Waals surface area (Å²) < 4.78 is 3.04. The Morgan fingerprint density at radius 2 is 2.07 bits per heavy atom. The van der Waals surface area contributed by atoms with E-state index in [1.807, 2.05) is 0 Å². The van der Waals surface area contributed by atoms with Crippen molar-refractivity contribution < 1.29 is 0 Å². The quantitative estimate of drug-likeness (QED) is 0.383. The Morgan fingerprint density at radius 1 is 1.36 bits per heavy atom. The Bertz CT molecular complexity index is 280. The van der Waals surface area contributed by atoms with Gasteiger partial charge in [-0.3, -0.25) is 0 Å². The van der Waals surface area contributed by atoms with Gasteiger partial charge in [0.2, 0.25) is 0 Å². The van der Waals surface area contributed by atoms with Gasteiger partial charge in [0.1, 0.15) is 0 Å². The van der Waals surface area contributed by atoms with Crippen LogP contribution in [0.25, 0.3) is 6.08 Å². The van der Waals surface area contributed by atoms with Gasteiger partial charge in [0, 0.05) is 0 Å². The molecule has 1 aromatic carbocycles. The molecule has 0 atom stereocenters. The molecule has 0 saturated heterocycles. The van der Waals surface area contributed by atoms with Crippen LogP contribution >= 0.6 is 22.6 Å². The predicted molar refractivity (Wildman–Crippen MR) is 73.9 cm³/mol. The molecule has 0 bridgehead atoms. The summed E-state index contributed by atoms with van der Waals surface area (Å²) in [7, 11) is 0. The Labute approximate surface area is 110 Å². The molecule has 1 aromatic rings. The van der Waals surface area contributed by atoms with E-state index in [1.54, 1.807) is 1.63 Å². The third-order valence-corrected chi connectivity index (χ3v) is 6.75. The Hall–Kier alpha value is 0.480. The van der Waals surface area contributed by atoms with Crippen LogP contribution in [0.4, 0.5) is 0 Å². The SMILES string of the molecule is CCCC[Te]/C(I)=C\c1ccccc1. The van der Waals surface area contributed by atoms with E-state index >= 15 is 0 Å². The molecule has 0 aliphatic heterocycles. The van der Waals surface area contributed by atoms with Crippen molar-refractivity contribution in [2.75, 3.05) is 0 Å². The van der Waals surface area contributed by atoms with Crippen molar-refractivity contribution in [3.63, 3.8) is 0 Å². The van der Waals surface area contributed by atoms with Crippen molar-refractivity contribution in [1.82, 2.24) is 0 Å². The van der Waals surface area contributed by atoms with Crippen LogP contribution in [0, 0.1) is 0 Å². The van der Waals surface area contributed by atoms with Crippen LogP contribution in [0.1, 0.15) is 25.3 Å². The molecule has 2 heteroatoms. The summed E-state index contributed by atoms with van der Waals surface area (Å²) in [5.74, 6) is 0. The molecule has 0 fully saturated rings. The van der Waals surface area contributed by atoms with E-state index in [0.29, 0.717) is 0 Å². The maximum absolute atomic E-state index is 2.50. The number of unbranched alkanes of at least 4 members (excludes halogenated alkanes) is 1. The molecule has 0 spiro atoms. The number of hydrogen-bond acceptors (Lipinski definition) is 0. The van der Waals surface area contributed by atoms with Crippen LogP contribution in [0.15, 0.2) is 32.0 Å². The van der Waals surface area contributed by atoms with Crippen LogP contribution in [-0.2, 0) is 0 Å². The molecule has 0 aromatic heterocycles. The first-order valence-electron chi connectivity index (χ1n) is 4.88. The maximum atomic E-state index is 2.50. The molecule has 0 heterocycles. The number of rotatable bonds is 5. The van der Waals surface area contributed by atoms with Crippen molar-refractivity contribution in [3.05, 3.63) is 37.5 Å². The van der Waals surface area contributed by atoms with Gasteiger partial charge in [0.15, 0.2) is 0 Å². The van der Waals surface area contributed by atoms with Gasteiger partial charge in [-0.25, -0.2) is 0 Å². The van der Waals surface area contributed by atoms with Crippen LogP contribution in [0.5, 0.6) is 0 Å². The van der Waals surface area contributed by atoms with Gasteiger partial charge in [-0.1, -0.05) is 0 Å². The van der Waals surface area contributed by atoms with Crippen LogP contribution in [0.3, 0.4) is 0 Å². The molecule has 0 radical (unpaired) electrons. The summed E-state index contributed by atoms with van der Waals surface area (Å²) in [6.45, 7) is 2.26. The molecule has 0 N–H and O–H groups in total. The monoisotopic (exact) mass is 416 g/mol. The van der Waals surface area contributed by atoms with Crippen LogP contribution < -0.4 is 0 Å². The van der Waals surface area contributed by atoms with Gasteiger partial charge < -0.3 is 0 Å². The van der Waals surface area contributed by atoms with E-state index in [0.717, 1.165) is 0 Å². The standard InChI is InChI=1S/C12H15ITe/c1-2-3-9-14-12(13)10-11-7-5-4-6-8-11/h4-8,10H,2-3,9H2,1H3/b12-10-. The molecule has 14 heavy (non-hydrogen) atoms. The third kappa shape index (κ3) is 5.38. The van der Waals surface area contributed by atoms with Crippen molar-refractivity contribution in [1.29, 1.82) is 0 Å². The second-order valence-corrected chi connectivity index (χ2v) is 9.74. The van der Waals surface area contributed by atoms with Gasteiger partial charge in [0.25, 0.3) is 0 Å². The van der Waals surface area contributed by atoms with Gasteiger partial charge >= 0.3 is 111 Å². The van der Waals surface area contributed by atoms with E-state index in [4.69, 9.17) is 0 Å². The van der Waals surface area contributed by atoms with Crippen molar-refractivity contribution in [2.24, 2.45) is 0 Å². The van der Waals surface area contributed by atoms with Gasteiger partial charge in [-0.2, -0.15) is 0 Å². The summed E-state index contributed by atoms with van der Waals surface area (Å²) in [5.41, 5.74) is 1.35. The number of benzene rings is 1. The summed E-state index contributed by atoms with van der Waals surface area (Å²) in [6.07, 6.45) is 5.07. The molecule has 0 amide bonds. The fourth-order valence-corrected chi connectivity index (χ4v) is 5.29. The molecular formula is C12H15ITe. The fraction of sp³-hybridized carbons (Fsp3) is 0.333. The summed E-state index contributed by atoms with van der Waals surface area (Å²) in [6, 6.07) is 10.6. The fourth-order valence-electron chi connectivity index (χ4n) is 1.04. The first kappa shape index (κ1) is 12.5.